The van der Waals surface area contributed by atoms with Gasteiger partial charge in [0.2, 0.25) is 0 Å². The van der Waals surface area contributed by atoms with Gasteiger partial charge in [-0.1, -0.05) is 6.08 Å². The number of carbonyl (C=O) groups is 1. The Kier molecular flexibility index (Phi) is 8.12. The van der Waals surface area contributed by atoms with Gasteiger partial charge in [0.05, 0.1) is 12.1 Å². The van der Waals surface area contributed by atoms with Crippen molar-refractivity contribution >= 4 is 6.09 Å². The number of hydrogen-bond donors (Lipinski definition) is 2. The fourth-order valence-corrected chi connectivity index (χ4v) is 2.99. The van der Waals surface area contributed by atoms with Crippen molar-refractivity contribution in [1.82, 2.24) is 5.32 Å². The minimum atomic E-state index is -0.755. The van der Waals surface area contributed by atoms with Crippen LogP contribution in [0.1, 0.15) is 64.7 Å². The predicted molar refractivity (Wildman–Crippen MR) is 114 cm³/mol. The number of ether oxygens (including phenoxy) is 2. The van der Waals surface area contributed by atoms with E-state index in [-0.39, 0.29) is 5.60 Å². The van der Waals surface area contributed by atoms with E-state index in [0.29, 0.717) is 12.8 Å². The first-order chi connectivity index (χ1) is 12.7. The summed E-state index contributed by atoms with van der Waals surface area (Å²) in [5.41, 5.74) is 2.31. The molecule has 5 nitrogen and oxygen atoms in total. The molecular weight excluding hydrogens is 354 g/mol. The fourth-order valence-electron chi connectivity index (χ4n) is 2.99. The van der Waals surface area contributed by atoms with Crippen LogP contribution in [-0.2, 0) is 11.2 Å². The summed E-state index contributed by atoms with van der Waals surface area (Å²) >= 11 is 0. The van der Waals surface area contributed by atoms with Crippen LogP contribution in [0, 0.1) is 13.8 Å². The van der Waals surface area contributed by atoms with Crippen LogP contribution in [0.4, 0.5) is 4.79 Å². The summed E-state index contributed by atoms with van der Waals surface area (Å²) in [6.45, 7) is 19.2. The number of aliphatic hydroxyl groups is 1. The molecule has 1 aromatic rings. The van der Waals surface area contributed by atoms with Gasteiger partial charge in [-0.05, 0) is 97.1 Å². The molecule has 0 heterocycles. The van der Waals surface area contributed by atoms with Gasteiger partial charge in [-0.15, -0.1) is 6.58 Å². The van der Waals surface area contributed by atoms with E-state index in [9.17, 15) is 9.90 Å². The van der Waals surface area contributed by atoms with E-state index in [1.165, 1.54) is 0 Å². The number of hydrogen-bond acceptors (Lipinski definition) is 4. The maximum atomic E-state index is 12.3. The topological polar surface area (TPSA) is 67.8 Å². The lowest BCUT2D eigenvalue weighted by molar-refractivity contribution is 0.0424. The largest absolute Gasteiger partial charge is 0.488 e. The molecule has 0 aromatic heterocycles. The van der Waals surface area contributed by atoms with E-state index >= 15 is 0 Å². The first-order valence-corrected chi connectivity index (χ1v) is 9.79. The second-order valence-corrected chi connectivity index (χ2v) is 9.30. The Morgan fingerprint density at radius 1 is 1.14 bits per heavy atom. The molecule has 0 aliphatic heterocycles. The lowest BCUT2D eigenvalue weighted by Crippen LogP contribution is -2.46. The van der Waals surface area contributed by atoms with Crippen molar-refractivity contribution in [2.24, 2.45) is 0 Å². The van der Waals surface area contributed by atoms with Gasteiger partial charge < -0.3 is 19.9 Å². The molecule has 0 unspecified atom stereocenters. The quantitative estimate of drug-likeness (QED) is 0.652. The highest BCUT2D eigenvalue weighted by Crippen LogP contribution is 2.26. The molecule has 0 spiro atoms. The molecule has 0 radical (unpaired) electrons. The number of carbonyl (C=O) groups excluding carboxylic acids is 1. The van der Waals surface area contributed by atoms with Crippen LogP contribution in [0.3, 0.4) is 0 Å². The number of aliphatic hydroxyl groups excluding tert-OH is 1. The maximum absolute atomic E-state index is 12.3. The SMILES string of the molecule is C=CC[C@H](O)[C@@H](Cc1c(C)cc(OC(C)(C)C)cc1C)NC(=O)OC(C)(C)C. The van der Waals surface area contributed by atoms with Crippen LogP contribution in [-0.4, -0.2) is 34.5 Å². The first kappa shape index (κ1) is 24.0. The number of benzene rings is 1. The van der Waals surface area contributed by atoms with Gasteiger partial charge in [-0.2, -0.15) is 0 Å². The molecule has 0 aliphatic rings. The summed E-state index contributed by atoms with van der Waals surface area (Å²) in [5.74, 6) is 0.814. The van der Waals surface area contributed by atoms with Crippen molar-refractivity contribution < 1.29 is 19.4 Å². The van der Waals surface area contributed by atoms with Crippen molar-refractivity contribution in [2.75, 3.05) is 0 Å². The van der Waals surface area contributed by atoms with E-state index < -0.39 is 23.8 Å². The zero-order chi connectivity index (χ0) is 21.7. The van der Waals surface area contributed by atoms with Gasteiger partial charge in [0, 0.05) is 0 Å². The minimum absolute atomic E-state index is 0.276. The highest BCUT2D eigenvalue weighted by Gasteiger charge is 2.25. The van der Waals surface area contributed by atoms with Crippen molar-refractivity contribution in [1.29, 1.82) is 0 Å². The third-order valence-electron chi connectivity index (χ3n) is 4.09. The summed E-state index contributed by atoms with van der Waals surface area (Å²) in [6, 6.07) is 3.51. The van der Waals surface area contributed by atoms with Gasteiger partial charge in [0.25, 0.3) is 0 Å². The summed E-state index contributed by atoms with van der Waals surface area (Å²) in [5, 5.41) is 13.4. The number of amides is 1. The molecule has 0 saturated heterocycles. The molecule has 1 rings (SSSR count). The maximum Gasteiger partial charge on any atom is 0.407 e. The molecule has 5 heteroatoms. The Bertz CT molecular complexity index is 660. The van der Waals surface area contributed by atoms with E-state index in [1.807, 2.05) is 67.5 Å². The van der Waals surface area contributed by atoms with Crippen LogP contribution in [0.2, 0.25) is 0 Å². The van der Waals surface area contributed by atoms with Gasteiger partial charge in [-0.25, -0.2) is 4.79 Å². The molecule has 1 aromatic carbocycles. The van der Waals surface area contributed by atoms with Crippen molar-refractivity contribution in [3.63, 3.8) is 0 Å². The second-order valence-electron chi connectivity index (χ2n) is 9.30. The Labute approximate surface area is 170 Å². The first-order valence-electron chi connectivity index (χ1n) is 9.79. The third-order valence-corrected chi connectivity index (χ3v) is 4.09. The molecule has 0 bridgehead atoms. The lowest BCUT2D eigenvalue weighted by atomic mass is 9.92. The summed E-state index contributed by atoms with van der Waals surface area (Å²) in [4.78, 5) is 12.3. The van der Waals surface area contributed by atoms with Gasteiger partial charge in [0.15, 0.2) is 0 Å². The molecule has 2 atom stereocenters. The predicted octanol–water partition coefficient (Wildman–Crippen LogP) is 4.85. The normalized spacial score (nSPS) is 14.2. The molecule has 2 N–H and O–H groups in total. The van der Waals surface area contributed by atoms with E-state index in [1.54, 1.807) is 6.08 Å². The summed E-state index contributed by atoms with van der Waals surface area (Å²) in [7, 11) is 0. The van der Waals surface area contributed by atoms with Crippen LogP contribution < -0.4 is 10.1 Å². The molecule has 0 fully saturated rings. The molecule has 28 heavy (non-hydrogen) atoms. The Morgan fingerprint density at radius 2 is 1.68 bits per heavy atom. The Hall–Kier alpha value is -2.01. The van der Waals surface area contributed by atoms with E-state index in [2.05, 4.69) is 11.9 Å². The smallest absolute Gasteiger partial charge is 0.407 e. The van der Waals surface area contributed by atoms with Crippen LogP contribution >= 0.6 is 0 Å². The second kappa shape index (κ2) is 9.46. The zero-order valence-corrected chi connectivity index (χ0v) is 18.7. The van der Waals surface area contributed by atoms with Gasteiger partial charge in [-0.3, -0.25) is 0 Å². The standard InChI is InChI=1S/C23H37NO4/c1-10-11-20(25)19(24-21(26)28-23(7,8)9)14-18-15(2)12-17(13-16(18)3)27-22(4,5)6/h10,12-13,19-20,25H,1,11,14H2,2-9H3,(H,24,26)/t19-,20+/m1/s1. The highest BCUT2D eigenvalue weighted by molar-refractivity contribution is 5.68. The average molecular weight is 392 g/mol. The highest BCUT2D eigenvalue weighted by atomic mass is 16.6. The van der Waals surface area contributed by atoms with E-state index in [4.69, 9.17) is 9.47 Å². The van der Waals surface area contributed by atoms with Crippen molar-refractivity contribution in [2.45, 2.75) is 91.6 Å². The monoisotopic (exact) mass is 391 g/mol. The van der Waals surface area contributed by atoms with Gasteiger partial charge in [0.1, 0.15) is 17.0 Å². The van der Waals surface area contributed by atoms with E-state index in [0.717, 1.165) is 22.4 Å². The zero-order valence-electron chi connectivity index (χ0n) is 18.7. The fraction of sp³-hybridized carbons (Fsp3) is 0.609. The van der Waals surface area contributed by atoms with Crippen LogP contribution in [0.25, 0.3) is 0 Å². The Balaban J connectivity index is 3.07. The number of aryl methyl sites for hydroxylation is 2. The molecule has 158 valence electrons. The molecular formula is C23H37NO4. The molecule has 0 aliphatic carbocycles. The van der Waals surface area contributed by atoms with Crippen molar-refractivity contribution in [3.8, 4) is 5.75 Å². The van der Waals surface area contributed by atoms with Crippen LogP contribution in [0.15, 0.2) is 24.8 Å². The van der Waals surface area contributed by atoms with Crippen LogP contribution in [0.5, 0.6) is 5.75 Å². The Morgan fingerprint density at radius 3 is 2.11 bits per heavy atom. The minimum Gasteiger partial charge on any atom is -0.488 e. The lowest BCUT2D eigenvalue weighted by Gasteiger charge is -2.28. The third kappa shape index (κ3) is 8.34. The number of rotatable bonds is 7. The van der Waals surface area contributed by atoms with Gasteiger partial charge >= 0.3 is 6.09 Å². The van der Waals surface area contributed by atoms with Crippen molar-refractivity contribution in [3.05, 3.63) is 41.5 Å². The average Bonchev–Trinajstić information content (AvgIpc) is 2.46. The number of alkyl carbamates (subject to hydrolysis) is 1. The molecule has 0 saturated carbocycles. The summed E-state index contributed by atoms with van der Waals surface area (Å²) in [6.07, 6.45) is 1.22. The molecule has 1 amide bonds. The number of nitrogens with one attached hydrogen (secondary N) is 1. The summed E-state index contributed by atoms with van der Waals surface area (Å²) < 4.78 is 11.3.